The first-order valence-electron chi connectivity index (χ1n) is 6.58. The van der Waals surface area contributed by atoms with Crippen LogP contribution in [0, 0.1) is 6.92 Å². The summed E-state index contributed by atoms with van der Waals surface area (Å²) in [5.74, 6) is -0.276. The molecule has 2 aromatic carbocycles. The van der Waals surface area contributed by atoms with Crippen LogP contribution in [0.5, 0.6) is 5.75 Å². The lowest BCUT2D eigenvalue weighted by molar-refractivity contribution is 0.0916. The molecule has 5 N–H and O–H groups in total. The number of rotatable bonds is 4. The van der Waals surface area contributed by atoms with Crippen LogP contribution in [0.4, 0.5) is 5.69 Å². The highest BCUT2D eigenvalue weighted by molar-refractivity contribution is 5.94. The van der Waals surface area contributed by atoms with Crippen molar-refractivity contribution >= 4 is 11.6 Å². The molecule has 0 saturated heterocycles. The first-order valence-corrected chi connectivity index (χ1v) is 6.58. The molecule has 0 fully saturated rings. The minimum atomic E-state index is -0.811. The number of nitrogens with one attached hydrogen (secondary N) is 1. The van der Waals surface area contributed by atoms with E-state index in [2.05, 4.69) is 5.32 Å². The second-order valence-corrected chi connectivity index (χ2v) is 4.89. The summed E-state index contributed by atoms with van der Waals surface area (Å²) < 4.78 is 0. The third kappa shape index (κ3) is 3.73. The molecular formula is C16H18N2O3. The Morgan fingerprint density at radius 2 is 1.90 bits per heavy atom. The number of aliphatic hydroxyl groups excluding tert-OH is 1. The van der Waals surface area contributed by atoms with Crippen molar-refractivity contribution < 1.29 is 15.0 Å². The fraction of sp³-hybridized carbons (Fsp3) is 0.188. The van der Waals surface area contributed by atoms with Crippen molar-refractivity contribution in [3.63, 3.8) is 0 Å². The SMILES string of the molecule is Cc1ccc(C(=O)NCC(O)c2ccc(N)cc2)cc1O. The second-order valence-electron chi connectivity index (χ2n) is 4.89. The minimum Gasteiger partial charge on any atom is -0.508 e. The van der Waals surface area contributed by atoms with E-state index in [0.717, 1.165) is 0 Å². The predicted molar refractivity (Wildman–Crippen MR) is 81.0 cm³/mol. The lowest BCUT2D eigenvalue weighted by Gasteiger charge is -2.13. The largest absolute Gasteiger partial charge is 0.508 e. The summed E-state index contributed by atoms with van der Waals surface area (Å²) in [7, 11) is 0. The molecule has 1 amide bonds. The summed E-state index contributed by atoms with van der Waals surface area (Å²) >= 11 is 0. The first kappa shape index (κ1) is 14.9. The van der Waals surface area contributed by atoms with Crippen molar-refractivity contribution in [2.75, 3.05) is 12.3 Å². The summed E-state index contributed by atoms with van der Waals surface area (Å²) in [5, 5.41) is 22.2. The summed E-state index contributed by atoms with van der Waals surface area (Å²) in [6, 6.07) is 11.5. The van der Waals surface area contributed by atoms with Crippen LogP contribution in [-0.4, -0.2) is 22.7 Å². The zero-order chi connectivity index (χ0) is 15.4. The van der Waals surface area contributed by atoms with Crippen LogP contribution in [0.25, 0.3) is 0 Å². The Morgan fingerprint density at radius 1 is 1.24 bits per heavy atom. The Kier molecular flexibility index (Phi) is 4.45. The number of carbonyl (C=O) groups is 1. The van der Waals surface area contributed by atoms with Gasteiger partial charge in [-0.25, -0.2) is 0 Å². The van der Waals surface area contributed by atoms with E-state index in [9.17, 15) is 15.0 Å². The van der Waals surface area contributed by atoms with Crippen LogP contribution in [0.15, 0.2) is 42.5 Å². The quantitative estimate of drug-likeness (QED) is 0.644. The van der Waals surface area contributed by atoms with Gasteiger partial charge in [-0.3, -0.25) is 4.79 Å². The fourth-order valence-corrected chi connectivity index (χ4v) is 1.88. The number of aromatic hydroxyl groups is 1. The highest BCUT2D eigenvalue weighted by Gasteiger charge is 2.11. The van der Waals surface area contributed by atoms with E-state index < -0.39 is 6.10 Å². The zero-order valence-electron chi connectivity index (χ0n) is 11.7. The molecule has 1 atom stereocenters. The average molecular weight is 286 g/mol. The molecule has 0 aliphatic carbocycles. The molecular weight excluding hydrogens is 268 g/mol. The number of nitrogen functional groups attached to an aromatic ring is 1. The van der Waals surface area contributed by atoms with E-state index in [1.54, 1.807) is 43.3 Å². The highest BCUT2D eigenvalue weighted by atomic mass is 16.3. The molecule has 5 nitrogen and oxygen atoms in total. The van der Waals surface area contributed by atoms with E-state index in [0.29, 0.717) is 22.4 Å². The maximum absolute atomic E-state index is 11.9. The van der Waals surface area contributed by atoms with E-state index in [-0.39, 0.29) is 18.2 Å². The molecule has 0 heterocycles. The van der Waals surface area contributed by atoms with Gasteiger partial charge in [-0.15, -0.1) is 0 Å². The number of nitrogens with two attached hydrogens (primary N) is 1. The molecule has 0 bridgehead atoms. The molecule has 0 radical (unpaired) electrons. The summed E-state index contributed by atoms with van der Waals surface area (Å²) in [6.07, 6.45) is -0.811. The molecule has 21 heavy (non-hydrogen) atoms. The molecule has 0 aliphatic rings. The van der Waals surface area contributed by atoms with E-state index in [1.807, 2.05) is 0 Å². The fourth-order valence-electron chi connectivity index (χ4n) is 1.88. The standard InChI is InChI=1S/C16H18N2O3/c1-10-2-3-12(8-14(10)19)16(21)18-9-15(20)11-4-6-13(17)7-5-11/h2-8,15,19-20H,9,17H2,1H3,(H,18,21). The predicted octanol–water partition coefficient (Wildman–Crippen LogP) is 1.75. The normalized spacial score (nSPS) is 11.9. The Balaban J connectivity index is 1.97. The molecule has 0 aromatic heterocycles. The average Bonchev–Trinajstić information content (AvgIpc) is 2.48. The van der Waals surface area contributed by atoms with Crippen LogP contribution in [0.3, 0.4) is 0 Å². The number of hydrogen-bond acceptors (Lipinski definition) is 4. The van der Waals surface area contributed by atoms with Crippen LogP contribution in [-0.2, 0) is 0 Å². The number of aryl methyl sites for hydroxylation is 1. The van der Waals surface area contributed by atoms with Crippen LogP contribution < -0.4 is 11.1 Å². The summed E-state index contributed by atoms with van der Waals surface area (Å²) in [4.78, 5) is 11.9. The maximum atomic E-state index is 11.9. The number of phenolic OH excluding ortho intramolecular Hbond substituents is 1. The molecule has 110 valence electrons. The van der Waals surface area contributed by atoms with Gasteiger partial charge >= 0.3 is 0 Å². The van der Waals surface area contributed by atoms with Gasteiger partial charge in [0.15, 0.2) is 0 Å². The Bertz CT molecular complexity index is 638. The molecule has 0 aliphatic heterocycles. The van der Waals surface area contributed by atoms with Crippen molar-refractivity contribution in [1.29, 1.82) is 0 Å². The van der Waals surface area contributed by atoms with Gasteiger partial charge in [-0.2, -0.15) is 0 Å². The third-order valence-corrected chi connectivity index (χ3v) is 3.25. The molecule has 0 spiro atoms. The third-order valence-electron chi connectivity index (χ3n) is 3.25. The number of aliphatic hydroxyl groups is 1. The van der Waals surface area contributed by atoms with Crippen molar-refractivity contribution in [3.8, 4) is 5.75 Å². The van der Waals surface area contributed by atoms with Gasteiger partial charge < -0.3 is 21.3 Å². The topological polar surface area (TPSA) is 95.6 Å². The van der Waals surface area contributed by atoms with Crippen molar-refractivity contribution in [2.45, 2.75) is 13.0 Å². The highest BCUT2D eigenvalue weighted by Crippen LogP contribution is 2.18. The Labute approximate surface area is 123 Å². The molecule has 2 rings (SSSR count). The maximum Gasteiger partial charge on any atom is 0.251 e. The monoisotopic (exact) mass is 286 g/mol. The van der Waals surface area contributed by atoms with Crippen molar-refractivity contribution in [3.05, 3.63) is 59.2 Å². The van der Waals surface area contributed by atoms with Crippen LogP contribution in [0.2, 0.25) is 0 Å². The van der Waals surface area contributed by atoms with Gasteiger partial charge in [-0.1, -0.05) is 18.2 Å². The zero-order valence-corrected chi connectivity index (χ0v) is 11.7. The number of amides is 1. The summed E-state index contributed by atoms with van der Waals surface area (Å²) in [6.45, 7) is 1.83. The van der Waals surface area contributed by atoms with E-state index in [4.69, 9.17) is 5.73 Å². The Morgan fingerprint density at radius 3 is 2.52 bits per heavy atom. The van der Waals surface area contributed by atoms with Gasteiger partial charge in [0.05, 0.1) is 6.10 Å². The van der Waals surface area contributed by atoms with Gasteiger partial charge in [0, 0.05) is 17.8 Å². The number of benzene rings is 2. The second kappa shape index (κ2) is 6.28. The van der Waals surface area contributed by atoms with E-state index in [1.165, 1.54) is 6.07 Å². The smallest absolute Gasteiger partial charge is 0.251 e. The lowest BCUT2D eigenvalue weighted by atomic mass is 10.1. The summed E-state index contributed by atoms with van der Waals surface area (Å²) in [5.41, 5.74) is 7.92. The lowest BCUT2D eigenvalue weighted by Crippen LogP contribution is -2.28. The number of carbonyl (C=O) groups excluding carboxylic acids is 1. The molecule has 0 saturated carbocycles. The van der Waals surface area contributed by atoms with Gasteiger partial charge in [0.25, 0.3) is 5.91 Å². The van der Waals surface area contributed by atoms with Crippen molar-refractivity contribution in [1.82, 2.24) is 5.32 Å². The van der Waals surface area contributed by atoms with Crippen LogP contribution in [0.1, 0.15) is 27.6 Å². The van der Waals surface area contributed by atoms with E-state index >= 15 is 0 Å². The number of hydrogen-bond donors (Lipinski definition) is 4. The number of phenols is 1. The molecule has 2 aromatic rings. The van der Waals surface area contributed by atoms with Gasteiger partial charge in [0.1, 0.15) is 5.75 Å². The minimum absolute atomic E-state index is 0.0710. The van der Waals surface area contributed by atoms with Crippen molar-refractivity contribution in [2.24, 2.45) is 0 Å². The van der Waals surface area contributed by atoms with Crippen LogP contribution >= 0.6 is 0 Å². The first-order chi connectivity index (χ1) is 9.97. The van der Waals surface area contributed by atoms with Gasteiger partial charge in [-0.05, 0) is 42.3 Å². The number of anilines is 1. The molecule has 5 heteroatoms. The molecule has 1 unspecified atom stereocenters. The Hall–Kier alpha value is -2.53. The van der Waals surface area contributed by atoms with Gasteiger partial charge in [0.2, 0.25) is 0 Å².